The van der Waals surface area contributed by atoms with Crippen molar-refractivity contribution in [2.24, 2.45) is 5.92 Å². The van der Waals surface area contributed by atoms with Crippen LogP contribution in [0.4, 0.5) is 0 Å². The largest absolute Gasteiger partial charge is 1.00 e. The molecule has 4 nitrogen and oxygen atoms in total. The molecule has 33 heavy (non-hydrogen) atoms. The number of aryl methyl sites for hydroxylation is 1. The van der Waals surface area contributed by atoms with E-state index in [0.717, 1.165) is 48.8 Å². The fourth-order valence-electron chi connectivity index (χ4n) is 6.34. The average molecular weight is 562 g/mol. The van der Waals surface area contributed by atoms with Gasteiger partial charge < -0.3 is 37.9 Å². The van der Waals surface area contributed by atoms with Crippen LogP contribution in [0.3, 0.4) is 0 Å². The molecule has 5 atom stereocenters. The monoisotopic (exact) mass is 561 g/mol. The van der Waals surface area contributed by atoms with Crippen molar-refractivity contribution in [3.8, 4) is 0 Å². The van der Waals surface area contributed by atoms with E-state index in [1.807, 2.05) is 30.3 Å². The molecular weight excluding hydrogens is 525 g/mol. The molecule has 5 heteroatoms. The van der Waals surface area contributed by atoms with Gasteiger partial charge in [-0.3, -0.25) is 0 Å². The van der Waals surface area contributed by atoms with E-state index in [0.29, 0.717) is 12.0 Å². The van der Waals surface area contributed by atoms with Crippen LogP contribution in [-0.4, -0.2) is 42.3 Å². The van der Waals surface area contributed by atoms with Crippen molar-refractivity contribution < 1.29 is 42.7 Å². The molecule has 1 heterocycles. The quantitative estimate of drug-likeness (QED) is 0.296. The summed E-state index contributed by atoms with van der Waals surface area (Å²) in [6.07, 6.45) is 6.27. The predicted octanol–water partition coefficient (Wildman–Crippen LogP) is 2.35. The summed E-state index contributed by atoms with van der Waals surface area (Å²) in [4.78, 5) is 13.5. The summed E-state index contributed by atoms with van der Waals surface area (Å²) >= 11 is 0. The maximum Gasteiger partial charge on any atom is 0.340 e. The second kappa shape index (κ2) is 10.4. The van der Waals surface area contributed by atoms with Crippen molar-refractivity contribution >= 4 is 5.97 Å². The van der Waals surface area contributed by atoms with Crippen molar-refractivity contribution in [3.05, 3.63) is 71.3 Å². The Morgan fingerprint density at radius 3 is 2.39 bits per heavy atom. The van der Waals surface area contributed by atoms with E-state index in [4.69, 9.17) is 9.47 Å². The van der Waals surface area contributed by atoms with Crippen molar-refractivity contribution in [2.75, 3.05) is 13.6 Å². The van der Waals surface area contributed by atoms with Gasteiger partial charge in [-0.1, -0.05) is 73.0 Å². The van der Waals surface area contributed by atoms with E-state index < -0.39 is 6.10 Å². The van der Waals surface area contributed by atoms with Crippen LogP contribution in [0.25, 0.3) is 0 Å². The number of likely N-dealkylation sites (N-methyl/N-ethyl adjacent to an activating group) is 1. The zero-order chi connectivity index (χ0) is 22.1. The number of fused-ring (bicyclic) bond motifs is 2. The SMILES string of the molecule is Cc1ccc(C[N+]2(C)CC3CC[C@H]2C3OC(=O)C(OC2CCCC2)c2ccccc2)cc1.[I-]. The van der Waals surface area contributed by atoms with Gasteiger partial charge >= 0.3 is 5.97 Å². The van der Waals surface area contributed by atoms with Crippen molar-refractivity contribution in [1.29, 1.82) is 0 Å². The first kappa shape index (κ1) is 24.7. The van der Waals surface area contributed by atoms with Crippen molar-refractivity contribution in [1.82, 2.24) is 0 Å². The maximum atomic E-state index is 13.5. The van der Waals surface area contributed by atoms with Gasteiger partial charge in [0.1, 0.15) is 12.6 Å². The highest BCUT2D eigenvalue weighted by atomic mass is 127. The third-order valence-electron chi connectivity index (χ3n) is 7.99. The number of likely N-dealkylation sites (tertiary alicyclic amines) is 1. The number of benzene rings is 2. The standard InChI is InChI=1S/C28H36NO3.HI/c1-20-12-14-21(15-13-20)18-29(2)19-23-16-17-25(29)26(23)32-28(30)27(22-8-4-3-5-9-22)31-24-10-6-7-11-24;/h3-5,8-9,12-15,23-27H,6-7,10-11,16-19H2,1-2H3;1H/q+1;/p-1/t23?,25-,26?,27?,29?;/m0./s1. The lowest BCUT2D eigenvalue weighted by atomic mass is 10.1. The molecule has 1 saturated heterocycles. The molecule has 5 rings (SSSR count). The van der Waals surface area contributed by atoms with Crippen LogP contribution in [0, 0.1) is 12.8 Å². The number of halogens is 1. The molecule has 2 bridgehead atoms. The lowest BCUT2D eigenvalue weighted by molar-refractivity contribution is -0.939. The lowest BCUT2D eigenvalue weighted by Gasteiger charge is -2.38. The Kier molecular flexibility index (Phi) is 7.81. The van der Waals surface area contributed by atoms with Crippen LogP contribution in [0.2, 0.25) is 0 Å². The second-order valence-electron chi connectivity index (χ2n) is 10.4. The van der Waals surface area contributed by atoms with Crippen LogP contribution >= 0.6 is 0 Å². The Morgan fingerprint density at radius 1 is 1.00 bits per heavy atom. The number of nitrogens with zero attached hydrogens (tertiary/aromatic N) is 1. The van der Waals surface area contributed by atoms with Gasteiger partial charge in [-0.15, -0.1) is 0 Å². The lowest BCUT2D eigenvalue weighted by Crippen LogP contribution is -3.00. The maximum absolute atomic E-state index is 13.5. The molecule has 2 aliphatic carbocycles. The molecule has 0 N–H and O–H groups in total. The Morgan fingerprint density at radius 2 is 1.70 bits per heavy atom. The van der Waals surface area contributed by atoms with Crippen LogP contribution < -0.4 is 24.0 Å². The number of quaternary nitrogens is 1. The second-order valence-corrected chi connectivity index (χ2v) is 10.4. The number of piperidine rings is 1. The zero-order valence-corrected chi connectivity index (χ0v) is 21.9. The molecule has 178 valence electrons. The Bertz CT molecular complexity index is 928. The van der Waals surface area contributed by atoms with Gasteiger partial charge in [0, 0.05) is 12.0 Å². The van der Waals surface area contributed by atoms with E-state index in [-0.39, 0.29) is 42.2 Å². The van der Waals surface area contributed by atoms with E-state index in [1.54, 1.807) is 0 Å². The van der Waals surface area contributed by atoms with E-state index >= 15 is 0 Å². The third-order valence-corrected chi connectivity index (χ3v) is 7.99. The number of rotatable bonds is 7. The number of hydrogen-bond donors (Lipinski definition) is 0. The highest BCUT2D eigenvalue weighted by Gasteiger charge is 2.58. The number of esters is 1. The normalized spacial score (nSPS) is 29.6. The van der Waals surface area contributed by atoms with Crippen molar-refractivity contribution in [2.45, 2.75) is 76.3 Å². The fourth-order valence-corrected chi connectivity index (χ4v) is 6.34. The topological polar surface area (TPSA) is 35.5 Å². The van der Waals surface area contributed by atoms with Crippen LogP contribution in [0.15, 0.2) is 54.6 Å². The number of hydrogen-bond acceptors (Lipinski definition) is 3. The summed E-state index contributed by atoms with van der Waals surface area (Å²) in [5.41, 5.74) is 3.56. The van der Waals surface area contributed by atoms with Gasteiger partial charge in [0.05, 0.1) is 25.6 Å². The molecule has 2 aromatic rings. The smallest absolute Gasteiger partial charge is 0.340 e. The highest BCUT2D eigenvalue weighted by Crippen LogP contribution is 2.45. The van der Waals surface area contributed by atoms with Crippen LogP contribution in [0.1, 0.15) is 61.3 Å². The molecule has 2 saturated carbocycles. The summed E-state index contributed by atoms with van der Waals surface area (Å²) in [5, 5.41) is 0. The van der Waals surface area contributed by atoms with Gasteiger partial charge in [0.2, 0.25) is 0 Å². The minimum absolute atomic E-state index is 0. The summed E-state index contributed by atoms with van der Waals surface area (Å²) < 4.78 is 13.6. The van der Waals surface area contributed by atoms with Gasteiger partial charge in [0.15, 0.2) is 12.2 Å². The first-order chi connectivity index (χ1) is 15.5. The van der Waals surface area contributed by atoms with E-state index in [2.05, 4.69) is 38.2 Å². The average Bonchev–Trinajstić information content (AvgIpc) is 3.50. The van der Waals surface area contributed by atoms with Gasteiger partial charge in [0.25, 0.3) is 0 Å². The molecule has 0 spiro atoms. The Hall–Kier alpha value is -1.44. The summed E-state index contributed by atoms with van der Waals surface area (Å²) in [6, 6.07) is 19.1. The molecule has 3 aliphatic rings. The molecule has 0 aromatic heterocycles. The van der Waals surface area contributed by atoms with E-state index in [1.165, 1.54) is 24.0 Å². The highest BCUT2D eigenvalue weighted by molar-refractivity contribution is 5.77. The van der Waals surface area contributed by atoms with Gasteiger partial charge in [-0.2, -0.15) is 0 Å². The minimum Gasteiger partial charge on any atom is -1.00 e. The molecule has 2 aromatic carbocycles. The number of carbonyl (C=O) groups excluding carboxylic acids is 1. The minimum atomic E-state index is -0.616. The van der Waals surface area contributed by atoms with Gasteiger partial charge in [-0.25, -0.2) is 4.79 Å². The molecule has 0 amide bonds. The number of carbonyl (C=O) groups is 1. The van der Waals surface area contributed by atoms with Crippen LogP contribution in [-0.2, 0) is 20.8 Å². The fraction of sp³-hybridized carbons (Fsp3) is 0.536. The Labute approximate surface area is 215 Å². The Balaban J connectivity index is 0.00000259. The first-order valence-corrected chi connectivity index (χ1v) is 12.3. The third kappa shape index (κ3) is 5.30. The van der Waals surface area contributed by atoms with E-state index in [9.17, 15) is 4.79 Å². The van der Waals surface area contributed by atoms with Gasteiger partial charge in [-0.05, 0) is 31.7 Å². The molecule has 0 radical (unpaired) electrons. The zero-order valence-electron chi connectivity index (χ0n) is 19.8. The molecule has 4 unspecified atom stereocenters. The van der Waals surface area contributed by atoms with Crippen molar-refractivity contribution in [3.63, 3.8) is 0 Å². The molecular formula is C28H36INO3. The number of ether oxygens (including phenoxy) is 2. The molecule has 1 aliphatic heterocycles. The predicted molar refractivity (Wildman–Crippen MR) is 125 cm³/mol. The molecule has 3 fully saturated rings. The summed E-state index contributed by atoms with van der Waals surface area (Å²) in [5.74, 6) is 0.246. The summed E-state index contributed by atoms with van der Waals surface area (Å²) in [6.45, 7) is 4.20. The first-order valence-electron chi connectivity index (χ1n) is 12.3. The van der Waals surface area contributed by atoms with Crippen LogP contribution in [0.5, 0.6) is 0 Å². The summed E-state index contributed by atoms with van der Waals surface area (Å²) in [7, 11) is 2.34.